The number of carbonyl (C=O) groups excluding carboxylic acids is 1. The van der Waals surface area contributed by atoms with Gasteiger partial charge in [-0.05, 0) is 53.3 Å². The van der Waals surface area contributed by atoms with Crippen LogP contribution < -0.4 is 0 Å². The highest BCUT2D eigenvalue weighted by Crippen LogP contribution is 2.24. The van der Waals surface area contributed by atoms with E-state index in [1.807, 2.05) is 23.6 Å². The van der Waals surface area contributed by atoms with Crippen molar-refractivity contribution in [2.45, 2.75) is 31.8 Å². The molecule has 0 bridgehead atoms. The van der Waals surface area contributed by atoms with E-state index >= 15 is 0 Å². The van der Waals surface area contributed by atoms with Crippen LogP contribution in [0.3, 0.4) is 0 Å². The fourth-order valence-corrected chi connectivity index (χ4v) is 4.02. The molecule has 2 heterocycles. The van der Waals surface area contributed by atoms with Crippen molar-refractivity contribution in [3.8, 4) is 5.69 Å². The molecule has 0 aliphatic rings. The molecule has 124 valence electrons. The molecule has 7 heteroatoms. The van der Waals surface area contributed by atoms with Gasteiger partial charge in [0.15, 0.2) is 5.78 Å². The first-order chi connectivity index (χ1) is 11.7. The van der Waals surface area contributed by atoms with Crippen LogP contribution in [0.1, 0.15) is 33.6 Å². The van der Waals surface area contributed by atoms with Crippen LogP contribution in [0.5, 0.6) is 0 Å². The number of para-hydroxylation sites is 1. The summed E-state index contributed by atoms with van der Waals surface area (Å²) in [7, 11) is 0. The van der Waals surface area contributed by atoms with E-state index in [-0.39, 0.29) is 5.78 Å². The molecule has 0 saturated carbocycles. The van der Waals surface area contributed by atoms with Gasteiger partial charge in [-0.1, -0.05) is 36.0 Å². The van der Waals surface area contributed by atoms with Crippen molar-refractivity contribution < 1.29 is 4.79 Å². The maximum atomic E-state index is 12.0. The van der Waals surface area contributed by atoms with E-state index in [1.54, 1.807) is 16.4 Å². The SMILES string of the molecule is Cc1cccc(C)c1-n1nnnc1SCCCC(=O)c1cccs1. The van der Waals surface area contributed by atoms with Crippen LogP contribution in [0.2, 0.25) is 0 Å². The van der Waals surface area contributed by atoms with Crippen molar-refractivity contribution in [2.24, 2.45) is 0 Å². The van der Waals surface area contributed by atoms with E-state index in [0.29, 0.717) is 6.42 Å². The number of rotatable bonds is 7. The van der Waals surface area contributed by atoms with Crippen LogP contribution in [-0.2, 0) is 0 Å². The number of thioether (sulfide) groups is 1. The van der Waals surface area contributed by atoms with Gasteiger partial charge in [-0.2, -0.15) is 4.68 Å². The van der Waals surface area contributed by atoms with Crippen LogP contribution in [0.4, 0.5) is 0 Å². The van der Waals surface area contributed by atoms with Crippen LogP contribution in [0.15, 0.2) is 40.9 Å². The van der Waals surface area contributed by atoms with Gasteiger partial charge in [-0.15, -0.1) is 16.4 Å². The van der Waals surface area contributed by atoms with Gasteiger partial charge in [-0.25, -0.2) is 0 Å². The van der Waals surface area contributed by atoms with Crippen molar-refractivity contribution >= 4 is 28.9 Å². The number of thiophene rings is 1. The molecule has 0 aliphatic heterocycles. The van der Waals surface area contributed by atoms with Crippen LogP contribution in [0.25, 0.3) is 5.69 Å². The van der Waals surface area contributed by atoms with E-state index < -0.39 is 0 Å². The fourth-order valence-electron chi connectivity index (χ4n) is 2.51. The topological polar surface area (TPSA) is 60.7 Å². The second kappa shape index (κ2) is 7.72. The van der Waals surface area contributed by atoms with Gasteiger partial charge in [0.2, 0.25) is 5.16 Å². The standard InChI is InChI=1S/C17H18N4OS2/c1-12-6-3-7-13(2)16(12)21-17(18-19-20-21)24-11-4-8-14(22)15-9-5-10-23-15/h3,5-7,9-10H,4,8,11H2,1-2H3. The van der Waals surface area contributed by atoms with E-state index in [4.69, 9.17) is 0 Å². The highest BCUT2D eigenvalue weighted by Gasteiger charge is 2.13. The minimum absolute atomic E-state index is 0.208. The Morgan fingerprint density at radius 1 is 1.21 bits per heavy atom. The molecule has 0 radical (unpaired) electrons. The summed E-state index contributed by atoms with van der Waals surface area (Å²) in [6.07, 6.45) is 1.36. The van der Waals surface area contributed by atoms with E-state index in [1.165, 1.54) is 11.3 Å². The number of aromatic nitrogens is 4. The third kappa shape index (κ3) is 3.73. The molecule has 0 amide bonds. The van der Waals surface area contributed by atoms with E-state index in [0.717, 1.165) is 39.0 Å². The number of carbonyl (C=O) groups is 1. The van der Waals surface area contributed by atoms with Gasteiger partial charge in [0.05, 0.1) is 10.6 Å². The third-order valence-corrected chi connectivity index (χ3v) is 5.58. The Morgan fingerprint density at radius 3 is 2.71 bits per heavy atom. The molecule has 0 N–H and O–H groups in total. The van der Waals surface area contributed by atoms with Gasteiger partial charge in [-0.3, -0.25) is 4.79 Å². The maximum absolute atomic E-state index is 12.0. The molecule has 1 aromatic carbocycles. The van der Waals surface area contributed by atoms with Crippen molar-refractivity contribution in [3.63, 3.8) is 0 Å². The molecule has 2 aromatic heterocycles. The summed E-state index contributed by atoms with van der Waals surface area (Å²) in [4.78, 5) is 12.8. The Labute approximate surface area is 149 Å². The minimum atomic E-state index is 0.208. The molecule has 24 heavy (non-hydrogen) atoms. The highest BCUT2D eigenvalue weighted by atomic mass is 32.2. The number of hydrogen-bond donors (Lipinski definition) is 0. The quantitative estimate of drug-likeness (QED) is 0.361. The number of nitrogens with zero attached hydrogens (tertiary/aromatic N) is 4. The van der Waals surface area contributed by atoms with Gasteiger partial charge in [0.1, 0.15) is 0 Å². The largest absolute Gasteiger partial charge is 0.293 e. The Hall–Kier alpha value is -1.99. The van der Waals surface area contributed by atoms with Gasteiger partial charge < -0.3 is 0 Å². The number of Topliss-reactive ketones (excluding diaryl/α,β-unsaturated/α-hetero) is 1. The van der Waals surface area contributed by atoms with Gasteiger partial charge >= 0.3 is 0 Å². The molecule has 0 spiro atoms. The van der Waals surface area contributed by atoms with Crippen LogP contribution in [0, 0.1) is 13.8 Å². The molecule has 0 aliphatic carbocycles. The lowest BCUT2D eigenvalue weighted by Gasteiger charge is -2.10. The predicted octanol–water partition coefficient (Wildman–Crippen LogP) is 4.10. The highest BCUT2D eigenvalue weighted by molar-refractivity contribution is 7.99. The summed E-state index contributed by atoms with van der Waals surface area (Å²) in [5, 5.41) is 14.8. The molecular formula is C17H18N4OS2. The normalized spacial score (nSPS) is 10.9. The number of ketones is 1. The summed E-state index contributed by atoms with van der Waals surface area (Å²) < 4.78 is 1.79. The lowest BCUT2D eigenvalue weighted by atomic mass is 10.1. The van der Waals surface area contributed by atoms with E-state index in [2.05, 4.69) is 41.5 Å². The lowest BCUT2D eigenvalue weighted by molar-refractivity contribution is 0.0986. The molecule has 0 atom stereocenters. The predicted molar refractivity (Wildman–Crippen MR) is 97.2 cm³/mol. The van der Waals surface area contributed by atoms with Crippen molar-refractivity contribution in [3.05, 3.63) is 51.7 Å². The average molecular weight is 358 g/mol. The van der Waals surface area contributed by atoms with Crippen LogP contribution in [-0.4, -0.2) is 31.7 Å². The Morgan fingerprint density at radius 2 is 2.00 bits per heavy atom. The molecule has 0 saturated heterocycles. The van der Waals surface area contributed by atoms with Gasteiger partial charge in [0, 0.05) is 12.2 Å². The zero-order chi connectivity index (χ0) is 16.9. The Bertz CT molecular complexity index is 807. The van der Waals surface area contributed by atoms with Crippen LogP contribution >= 0.6 is 23.1 Å². The third-order valence-electron chi connectivity index (χ3n) is 3.67. The monoisotopic (exact) mass is 358 g/mol. The summed E-state index contributed by atoms with van der Waals surface area (Å²) in [5.74, 6) is 1.02. The summed E-state index contributed by atoms with van der Waals surface area (Å²) in [5.41, 5.74) is 3.30. The van der Waals surface area contributed by atoms with Crippen molar-refractivity contribution in [1.82, 2.24) is 20.2 Å². The molecule has 5 nitrogen and oxygen atoms in total. The molecular weight excluding hydrogens is 340 g/mol. The second-order valence-electron chi connectivity index (χ2n) is 5.47. The summed E-state index contributed by atoms with van der Waals surface area (Å²) in [6.45, 7) is 4.11. The average Bonchev–Trinajstić information content (AvgIpc) is 3.23. The Kier molecular flexibility index (Phi) is 5.42. The first-order valence-electron chi connectivity index (χ1n) is 7.71. The van der Waals surface area contributed by atoms with Crippen molar-refractivity contribution in [2.75, 3.05) is 5.75 Å². The minimum Gasteiger partial charge on any atom is -0.293 e. The first-order valence-corrected chi connectivity index (χ1v) is 9.58. The first kappa shape index (κ1) is 16.9. The van der Waals surface area contributed by atoms with Crippen molar-refractivity contribution in [1.29, 1.82) is 0 Å². The van der Waals surface area contributed by atoms with Gasteiger partial charge in [0.25, 0.3) is 0 Å². The molecule has 0 fully saturated rings. The molecule has 3 aromatic rings. The summed E-state index contributed by atoms with van der Waals surface area (Å²) in [6, 6.07) is 9.92. The lowest BCUT2D eigenvalue weighted by Crippen LogP contribution is -2.04. The zero-order valence-electron chi connectivity index (χ0n) is 13.6. The number of benzene rings is 1. The molecule has 3 rings (SSSR count). The fraction of sp³-hybridized carbons (Fsp3) is 0.294. The second-order valence-corrected chi connectivity index (χ2v) is 7.48. The molecule has 0 unspecified atom stereocenters. The smallest absolute Gasteiger partial charge is 0.214 e. The maximum Gasteiger partial charge on any atom is 0.214 e. The number of aryl methyl sites for hydroxylation is 2. The summed E-state index contributed by atoms with van der Waals surface area (Å²) >= 11 is 3.08. The number of hydrogen-bond acceptors (Lipinski definition) is 6. The number of tetrazole rings is 1. The Balaban J connectivity index is 1.61. The zero-order valence-corrected chi connectivity index (χ0v) is 15.2. The van der Waals surface area contributed by atoms with E-state index in [9.17, 15) is 4.79 Å².